The maximum Gasteiger partial charge on any atom is 0.0899 e. The van der Waals surface area contributed by atoms with Gasteiger partial charge in [0.25, 0.3) is 0 Å². The molecule has 0 atom stereocenters. The number of hydrogen-bond acceptors (Lipinski definition) is 4. The second-order valence-electron chi connectivity index (χ2n) is 11.2. The Balaban J connectivity index is 1.18. The first-order valence-electron chi connectivity index (χ1n) is 15.3. The van der Waals surface area contributed by atoms with Gasteiger partial charge in [-0.05, 0) is 75.8 Å². The quantitative estimate of drug-likeness (QED) is 0.194. The number of para-hydroxylation sites is 1. The van der Waals surface area contributed by atoms with E-state index in [1.54, 1.807) is 0 Å². The Morgan fingerprint density at radius 1 is 0.326 bits per heavy atom. The highest BCUT2D eigenvalue weighted by Gasteiger charge is 2.12. The molecule has 0 N–H and O–H groups in total. The molecule has 0 bridgehead atoms. The predicted octanol–water partition coefficient (Wildman–Crippen LogP) is 10.4. The van der Waals surface area contributed by atoms with Gasteiger partial charge < -0.3 is 0 Å². The van der Waals surface area contributed by atoms with E-state index in [9.17, 15) is 0 Å². The summed E-state index contributed by atoms with van der Waals surface area (Å²) in [5, 5.41) is 1.13. The van der Waals surface area contributed by atoms with Crippen molar-refractivity contribution in [3.05, 3.63) is 170 Å². The van der Waals surface area contributed by atoms with E-state index in [-0.39, 0.29) is 0 Å². The van der Waals surface area contributed by atoms with Crippen LogP contribution in [0.3, 0.4) is 0 Å². The molecular formula is C42H28N4. The van der Waals surface area contributed by atoms with Crippen molar-refractivity contribution in [2.75, 3.05) is 0 Å². The number of rotatable bonds is 6. The highest BCUT2D eigenvalue weighted by molar-refractivity contribution is 5.84. The number of benzene rings is 4. The minimum atomic E-state index is 0.827. The lowest BCUT2D eigenvalue weighted by molar-refractivity contribution is 1.25. The maximum absolute atomic E-state index is 5.12. The summed E-state index contributed by atoms with van der Waals surface area (Å²) in [6.07, 6.45) is 7.51. The Hall–Kier alpha value is -6.26. The SMILES string of the molecule is c1ccc(-c2ccc(-c3cc(-c4ccc(-c5cnc6ccccc6c5)cc4)cc(-c4ccc(-c5ccncc5)cc4)n3)nc2)cc1. The van der Waals surface area contributed by atoms with Crippen molar-refractivity contribution in [1.82, 2.24) is 19.9 Å². The van der Waals surface area contributed by atoms with Crippen LogP contribution < -0.4 is 0 Å². The topological polar surface area (TPSA) is 51.6 Å². The van der Waals surface area contributed by atoms with E-state index >= 15 is 0 Å². The van der Waals surface area contributed by atoms with E-state index in [2.05, 4.69) is 107 Å². The van der Waals surface area contributed by atoms with Gasteiger partial charge in [-0.1, -0.05) is 103 Å². The van der Waals surface area contributed by atoms with Gasteiger partial charge in [-0.3, -0.25) is 15.0 Å². The van der Waals surface area contributed by atoms with Crippen molar-refractivity contribution in [3.8, 4) is 67.2 Å². The molecule has 4 heteroatoms. The highest BCUT2D eigenvalue weighted by atomic mass is 14.8. The monoisotopic (exact) mass is 588 g/mol. The normalized spacial score (nSPS) is 11.0. The molecule has 216 valence electrons. The molecule has 4 nitrogen and oxygen atoms in total. The first kappa shape index (κ1) is 27.3. The summed E-state index contributed by atoms with van der Waals surface area (Å²) >= 11 is 0. The largest absolute Gasteiger partial charge is 0.265 e. The number of fused-ring (bicyclic) bond motifs is 1. The highest BCUT2D eigenvalue weighted by Crippen LogP contribution is 2.33. The molecule has 8 aromatic rings. The third-order valence-corrected chi connectivity index (χ3v) is 8.29. The zero-order chi connectivity index (χ0) is 30.7. The van der Waals surface area contributed by atoms with Crippen LogP contribution >= 0.6 is 0 Å². The fraction of sp³-hybridized carbons (Fsp3) is 0. The second-order valence-corrected chi connectivity index (χ2v) is 11.2. The van der Waals surface area contributed by atoms with E-state index < -0.39 is 0 Å². The van der Waals surface area contributed by atoms with E-state index in [0.717, 1.165) is 78.1 Å². The Labute approximate surface area is 267 Å². The van der Waals surface area contributed by atoms with Crippen LogP contribution in [0, 0.1) is 0 Å². The Bertz CT molecular complexity index is 2160. The first-order valence-corrected chi connectivity index (χ1v) is 15.3. The van der Waals surface area contributed by atoms with Crippen LogP contribution in [0.25, 0.3) is 78.1 Å². The number of hydrogen-bond donors (Lipinski definition) is 0. The maximum atomic E-state index is 5.12. The molecular weight excluding hydrogens is 560 g/mol. The van der Waals surface area contributed by atoms with Gasteiger partial charge >= 0.3 is 0 Å². The second kappa shape index (κ2) is 12.0. The summed E-state index contributed by atoms with van der Waals surface area (Å²) in [7, 11) is 0. The summed E-state index contributed by atoms with van der Waals surface area (Å²) in [5.41, 5.74) is 13.5. The van der Waals surface area contributed by atoms with Crippen LogP contribution in [0.2, 0.25) is 0 Å². The van der Waals surface area contributed by atoms with Crippen LogP contribution in [-0.2, 0) is 0 Å². The molecule has 0 aliphatic heterocycles. The van der Waals surface area contributed by atoms with E-state index in [0.29, 0.717) is 0 Å². The number of pyridine rings is 4. The average molecular weight is 589 g/mol. The number of aromatic nitrogens is 4. The van der Waals surface area contributed by atoms with Gasteiger partial charge in [0.05, 0.1) is 22.6 Å². The summed E-state index contributed by atoms with van der Waals surface area (Å²) in [4.78, 5) is 18.8. The minimum Gasteiger partial charge on any atom is -0.265 e. The fourth-order valence-electron chi connectivity index (χ4n) is 5.78. The molecule has 4 aromatic heterocycles. The van der Waals surface area contributed by atoms with Crippen molar-refractivity contribution in [2.45, 2.75) is 0 Å². The zero-order valence-electron chi connectivity index (χ0n) is 25.0. The van der Waals surface area contributed by atoms with Gasteiger partial charge in [0, 0.05) is 46.9 Å². The molecule has 4 heterocycles. The summed E-state index contributed by atoms with van der Waals surface area (Å²) < 4.78 is 0. The van der Waals surface area contributed by atoms with Gasteiger partial charge in [-0.15, -0.1) is 0 Å². The molecule has 0 fully saturated rings. The molecule has 8 rings (SSSR count). The van der Waals surface area contributed by atoms with Gasteiger partial charge in [-0.2, -0.15) is 0 Å². The van der Waals surface area contributed by atoms with Crippen LogP contribution in [0.1, 0.15) is 0 Å². The van der Waals surface area contributed by atoms with Gasteiger partial charge in [0.15, 0.2) is 0 Å². The van der Waals surface area contributed by atoms with Gasteiger partial charge in [-0.25, -0.2) is 4.98 Å². The molecule has 4 aromatic carbocycles. The lowest BCUT2D eigenvalue weighted by atomic mass is 9.97. The smallest absolute Gasteiger partial charge is 0.0899 e. The summed E-state index contributed by atoms with van der Waals surface area (Å²) in [6, 6.07) is 50.4. The summed E-state index contributed by atoms with van der Waals surface area (Å²) in [6.45, 7) is 0. The molecule has 0 radical (unpaired) electrons. The Morgan fingerprint density at radius 3 is 1.63 bits per heavy atom. The van der Waals surface area contributed by atoms with E-state index in [1.165, 1.54) is 0 Å². The lowest BCUT2D eigenvalue weighted by Gasteiger charge is -2.12. The van der Waals surface area contributed by atoms with Crippen molar-refractivity contribution >= 4 is 10.9 Å². The predicted molar refractivity (Wildman–Crippen MR) is 188 cm³/mol. The van der Waals surface area contributed by atoms with Crippen molar-refractivity contribution in [2.24, 2.45) is 0 Å². The third kappa shape index (κ3) is 5.56. The van der Waals surface area contributed by atoms with Crippen molar-refractivity contribution < 1.29 is 0 Å². The summed E-state index contributed by atoms with van der Waals surface area (Å²) in [5.74, 6) is 0. The lowest BCUT2D eigenvalue weighted by Crippen LogP contribution is -1.93. The molecule has 0 aliphatic rings. The van der Waals surface area contributed by atoms with Gasteiger partial charge in [0.2, 0.25) is 0 Å². The van der Waals surface area contributed by atoms with Crippen LogP contribution in [0.5, 0.6) is 0 Å². The molecule has 46 heavy (non-hydrogen) atoms. The standard InChI is InChI=1S/C42H28N4/c1-2-6-29(7-3-1)36-18-19-40(45-27-36)42-26-37(25-41(46-42)34-16-14-30(15-17-34)33-20-22-43-23-21-33)31-10-12-32(13-11-31)38-24-35-8-4-5-9-39(35)44-28-38/h1-28H. The van der Waals surface area contributed by atoms with Crippen LogP contribution in [-0.4, -0.2) is 19.9 Å². The van der Waals surface area contributed by atoms with Crippen LogP contribution in [0.4, 0.5) is 0 Å². The minimum absolute atomic E-state index is 0.827. The molecule has 0 aliphatic carbocycles. The molecule has 0 unspecified atom stereocenters. The first-order chi connectivity index (χ1) is 22.8. The van der Waals surface area contributed by atoms with E-state index in [1.807, 2.05) is 73.3 Å². The number of nitrogens with zero attached hydrogens (tertiary/aromatic N) is 4. The molecule has 0 amide bonds. The third-order valence-electron chi connectivity index (χ3n) is 8.29. The average Bonchev–Trinajstić information content (AvgIpc) is 3.15. The van der Waals surface area contributed by atoms with Gasteiger partial charge in [0.1, 0.15) is 0 Å². The Kier molecular flexibility index (Phi) is 7.14. The molecule has 0 saturated heterocycles. The molecule has 0 saturated carbocycles. The van der Waals surface area contributed by atoms with Crippen LogP contribution in [0.15, 0.2) is 170 Å². The van der Waals surface area contributed by atoms with Crippen molar-refractivity contribution in [1.29, 1.82) is 0 Å². The Morgan fingerprint density at radius 2 is 0.891 bits per heavy atom. The van der Waals surface area contributed by atoms with E-state index in [4.69, 9.17) is 9.97 Å². The fourth-order valence-corrected chi connectivity index (χ4v) is 5.78. The van der Waals surface area contributed by atoms with Crippen molar-refractivity contribution in [3.63, 3.8) is 0 Å². The molecule has 0 spiro atoms. The zero-order valence-corrected chi connectivity index (χ0v) is 25.0.